The van der Waals surface area contributed by atoms with Crippen molar-refractivity contribution < 1.29 is 13.5 Å². The van der Waals surface area contributed by atoms with Crippen molar-refractivity contribution in [3.63, 3.8) is 0 Å². The molecule has 0 bridgehead atoms. The van der Waals surface area contributed by atoms with E-state index >= 15 is 0 Å². The third-order valence-electron chi connectivity index (χ3n) is 2.13. The van der Waals surface area contributed by atoms with Crippen molar-refractivity contribution in [2.75, 3.05) is 26.3 Å². The van der Waals surface area contributed by atoms with Crippen LogP contribution in [0.3, 0.4) is 0 Å². The molecule has 1 atom stereocenters. The smallest absolute Gasteiger partial charge is 0.250 e. The van der Waals surface area contributed by atoms with Gasteiger partial charge in [0.25, 0.3) is 6.43 Å². The first-order chi connectivity index (χ1) is 5.68. The Morgan fingerprint density at radius 1 is 1.58 bits per heavy atom. The largest absolute Gasteiger partial charge is 0.379 e. The minimum absolute atomic E-state index is 0.305. The van der Waals surface area contributed by atoms with Gasteiger partial charge in [0.15, 0.2) is 0 Å². The third-order valence-corrected chi connectivity index (χ3v) is 2.13. The molecule has 1 fully saturated rings. The van der Waals surface area contributed by atoms with Crippen molar-refractivity contribution in [3.05, 3.63) is 0 Å². The lowest BCUT2D eigenvalue weighted by Gasteiger charge is -2.26. The van der Waals surface area contributed by atoms with Crippen LogP contribution in [-0.4, -0.2) is 38.3 Å². The summed E-state index contributed by atoms with van der Waals surface area (Å²) in [6.07, 6.45) is -1.61. The quantitative estimate of drug-likeness (QED) is 0.638. The van der Waals surface area contributed by atoms with Crippen LogP contribution in [0, 0.1) is 0 Å². The van der Waals surface area contributed by atoms with E-state index in [1.807, 2.05) is 0 Å². The molecule has 0 aromatic carbocycles. The number of nitrogens with one attached hydrogen (secondary N) is 1. The molecule has 0 saturated carbocycles. The zero-order valence-corrected chi connectivity index (χ0v) is 6.85. The number of hydrogen-bond acceptors (Lipinski definition) is 3. The van der Waals surface area contributed by atoms with Gasteiger partial charge in [0.2, 0.25) is 0 Å². The first-order valence-corrected chi connectivity index (χ1v) is 3.99. The minimum atomic E-state index is -2.32. The highest BCUT2D eigenvalue weighted by molar-refractivity contribution is 4.92. The number of alkyl halides is 2. The molecular weight excluding hydrogens is 166 g/mol. The van der Waals surface area contributed by atoms with Crippen molar-refractivity contribution in [1.29, 1.82) is 0 Å². The van der Waals surface area contributed by atoms with Crippen LogP contribution < -0.4 is 11.1 Å². The molecule has 12 heavy (non-hydrogen) atoms. The zero-order valence-electron chi connectivity index (χ0n) is 6.85. The summed E-state index contributed by atoms with van der Waals surface area (Å²) >= 11 is 0. The second-order valence-electron chi connectivity index (χ2n) is 3.06. The van der Waals surface area contributed by atoms with Gasteiger partial charge < -0.3 is 15.8 Å². The van der Waals surface area contributed by atoms with E-state index in [1.54, 1.807) is 0 Å². The summed E-state index contributed by atoms with van der Waals surface area (Å²) in [5.74, 6) is 0. The van der Waals surface area contributed by atoms with Gasteiger partial charge in [-0.15, -0.1) is 0 Å². The summed E-state index contributed by atoms with van der Waals surface area (Å²) in [6.45, 7) is 1.09. The van der Waals surface area contributed by atoms with Crippen LogP contribution in [0.5, 0.6) is 0 Å². The fraction of sp³-hybridized carbons (Fsp3) is 1.00. The molecule has 0 radical (unpaired) electrons. The summed E-state index contributed by atoms with van der Waals surface area (Å²) < 4.78 is 28.8. The second kappa shape index (κ2) is 4.11. The van der Waals surface area contributed by atoms with E-state index in [2.05, 4.69) is 5.32 Å². The van der Waals surface area contributed by atoms with Crippen molar-refractivity contribution in [2.24, 2.45) is 5.73 Å². The van der Waals surface area contributed by atoms with Gasteiger partial charge in [0, 0.05) is 13.2 Å². The lowest BCUT2D eigenvalue weighted by molar-refractivity contribution is 0.120. The van der Waals surface area contributed by atoms with Crippen LogP contribution in [0.1, 0.15) is 6.42 Å². The standard InChI is InChI=1S/C7H14F2N2O/c8-6(9)3-11-7(4-10)1-2-12-5-7/h6,11H,1-5,10H2. The Balaban J connectivity index is 2.34. The summed E-state index contributed by atoms with van der Waals surface area (Å²) in [5, 5.41) is 2.74. The zero-order chi connectivity index (χ0) is 9.03. The van der Waals surface area contributed by atoms with E-state index in [0.717, 1.165) is 6.42 Å². The van der Waals surface area contributed by atoms with Crippen molar-refractivity contribution in [3.8, 4) is 0 Å². The van der Waals surface area contributed by atoms with E-state index in [-0.39, 0.29) is 6.54 Å². The Morgan fingerprint density at radius 2 is 2.33 bits per heavy atom. The molecule has 1 aliphatic heterocycles. The van der Waals surface area contributed by atoms with Gasteiger partial charge >= 0.3 is 0 Å². The van der Waals surface area contributed by atoms with Gasteiger partial charge in [-0.3, -0.25) is 0 Å². The molecule has 0 amide bonds. The van der Waals surface area contributed by atoms with Crippen molar-refractivity contribution >= 4 is 0 Å². The molecule has 3 N–H and O–H groups in total. The van der Waals surface area contributed by atoms with Crippen LogP contribution in [0.25, 0.3) is 0 Å². The second-order valence-corrected chi connectivity index (χ2v) is 3.06. The highest BCUT2D eigenvalue weighted by atomic mass is 19.3. The number of hydrogen-bond donors (Lipinski definition) is 2. The topological polar surface area (TPSA) is 47.3 Å². The molecule has 5 heteroatoms. The summed E-state index contributed by atoms with van der Waals surface area (Å²) in [6, 6.07) is 0. The third kappa shape index (κ3) is 2.36. The van der Waals surface area contributed by atoms with Gasteiger partial charge in [0.1, 0.15) is 0 Å². The predicted octanol–water partition coefficient (Wildman–Crippen LogP) is -0.0411. The van der Waals surface area contributed by atoms with Gasteiger partial charge in [-0.1, -0.05) is 0 Å². The first-order valence-electron chi connectivity index (χ1n) is 3.99. The average Bonchev–Trinajstić information content (AvgIpc) is 2.50. The van der Waals surface area contributed by atoms with E-state index in [1.165, 1.54) is 0 Å². The summed E-state index contributed by atoms with van der Waals surface area (Å²) in [5.41, 5.74) is 5.06. The highest BCUT2D eigenvalue weighted by Gasteiger charge is 2.33. The monoisotopic (exact) mass is 180 g/mol. The molecule has 1 unspecified atom stereocenters. The van der Waals surface area contributed by atoms with E-state index in [4.69, 9.17) is 10.5 Å². The Morgan fingerprint density at radius 3 is 2.75 bits per heavy atom. The van der Waals surface area contributed by atoms with Crippen LogP contribution in [0.15, 0.2) is 0 Å². The normalized spacial score (nSPS) is 30.0. The Bertz CT molecular complexity index is 137. The number of ether oxygens (including phenoxy) is 1. The van der Waals surface area contributed by atoms with Gasteiger partial charge in [-0.25, -0.2) is 8.78 Å². The fourth-order valence-corrected chi connectivity index (χ4v) is 1.27. The molecule has 3 nitrogen and oxygen atoms in total. The molecule has 0 aromatic heterocycles. The maximum absolute atomic E-state index is 11.9. The molecule has 1 saturated heterocycles. The Hall–Kier alpha value is -0.260. The maximum atomic E-state index is 11.9. The van der Waals surface area contributed by atoms with E-state index in [9.17, 15) is 8.78 Å². The van der Waals surface area contributed by atoms with E-state index in [0.29, 0.717) is 19.8 Å². The SMILES string of the molecule is NCC1(NCC(F)F)CCOC1. The maximum Gasteiger partial charge on any atom is 0.250 e. The van der Waals surface area contributed by atoms with Crippen LogP contribution in [0.2, 0.25) is 0 Å². The number of halogens is 2. The molecule has 1 rings (SSSR count). The lowest BCUT2D eigenvalue weighted by atomic mass is 9.99. The predicted molar refractivity (Wildman–Crippen MR) is 41.2 cm³/mol. The molecule has 72 valence electrons. The van der Waals surface area contributed by atoms with Crippen LogP contribution in [-0.2, 0) is 4.74 Å². The number of nitrogens with two attached hydrogens (primary N) is 1. The molecule has 0 aliphatic carbocycles. The van der Waals surface area contributed by atoms with Crippen molar-refractivity contribution in [2.45, 2.75) is 18.4 Å². The Kier molecular flexibility index (Phi) is 3.37. The molecule has 1 aliphatic rings. The van der Waals surface area contributed by atoms with Crippen LogP contribution >= 0.6 is 0 Å². The fourth-order valence-electron chi connectivity index (χ4n) is 1.27. The highest BCUT2D eigenvalue weighted by Crippen LogP contribution is 2.17. The van der Waals surface area contributed by atoms with Gasteiger partial charge in [-0.05, 0) is 6.42 Å². The van der Waals surface area contributed by atoms with Gasteiger partial charge in [-0.2, -0.15) is 0 Å². The van der Waals surface area contributed by atoms with Gasteiger partial charge in [0.05, 0.1) is 18.7 Å². The summed E-state index contributed by atoms with van der Waals surface area (Å²) in [7, 11) is 0. The summed E-state index contributed by atoms with van der Waals surface area (Å²) in [4.78, 5) is 0. The molecular formula is C7H14F2N2O. The van der Waals surface area contributed by atoms with E-state index < -0.39 is 12.0 Å². The minimum Gasteiger partial charge on any atom is -0.379 e. The average molecular weight is 180 g/mol. The Labute approximate surface area is 70.3 Å². The molecule has 0 spiro atoms. The first kappa shape index (κ1) is 9.83. The van der Waals surface area contributed by atoms with Crippen LogP contribution in [0.4, 0.5) is 8.78 Å². The molecule has 1 heterocycles. The van der Waals surface area contributed by atoms with Crippen molar-refractivity contribution in [1.82, 2.24) is 5.32 Å². The molecule has 0 aromatic rings. The number of rotatable bonds is 4. The lowest BCUT2D eigenvalue weighted by Crippen LogP contribution is -2.53.